The summed E-state index contributed by atoms with van der Waals surface area (Å²) < 4.78 is 3.69. The molecule has 3 aromatic heterocycles. The van der Waals surface area contributed by atoms with Crippen LogP contribution in [-0.2, 0) is 19.5 Å². The molecule has 1 aliphatic heterocycles. The van der Waals surface area contributed by atoms with Gasteiger partial charge >= 0.3 is 6.03 Å². The molecule has 3 aromatic rings. The molecule has 0 bridgehead atoms. The number of hydrogen-bond acceptors (Lipinski definition) is 5. The van der Waals surface area contributed by atoms with E-state index in [-0.39, 0.29) is 12.1 Å². The number of nitrogens with one attached hydrogen (secondary N) is 2. The van der Waals surface area contributed by atoms with Crippen LogP contribution >= 0.6 is 11.3 Å². The molecule has 0 aromatic carbocycles. The van der Waals surface area contributed by atoms with Crippen molar-refractivity contribution in [3.63, 3.8) is 0 Å². The van der Waals surface area contributed by atoms with Gasteiger partial charge in [0.2, 0.25) is 0 Å². The van der Waals surface area contributed by atoms with E-state index in [1.807, 2.05) is 17.0 Å². The van der Waals surface area contributed by atoms with Crippen molar-refractivity contribution in [2.24, 2.45) is 0 Å². The number of thiophene rings is 1. The summed E-state index contributed by atoms with van der Waals surface area (Å²) in [4.78, 5) is 17.1. The lowest BCUT2D eigenvalue weighted by molar-refractivity contribution is 0.244. The van der Waals surface area contributed by atoms with Crippen LogP contribution in [0.3, 0.4) is 0 Å². The summed E-state index contributed by atoms with van der Waals surface area (Å²) in [5.74, 6) is 2.33. The molecule has 0 radical (unpaired) electrons. The van der Waals surface area contributed by atoms with Crippen LogP contribution in [0, 0.1) is 0 Å². The van der Waals surface area contributed by atoms with Gasteiger partial charge < -0.3 is 5.32 Å². The van der Waals surface area contributed by atoms with E-state index in [0.717, 1.165) is 43.0 Å². The van der Waals surface area contributed by atoms with Crippen LogP contribution in [0.4, 0.5) is 10.6 Å². The Balaban J connectivity index is 1.43. The molecule has 26 heavy (non-hydrogen) atoms. The van der Waals surface area contributed by atoms with Gasteiger partial charge in [-0.1, -0.05) is 6.92 Å². The maximum atomic E-state index is 12.5. The minimum Gasteiger partial charge on any atom is -0.328 e. The second kappa shape index (κ2) is 7.28. The van der Waals surface area contributed by atoms with Crippen LogP contribution < -0.4 is 10.6 Å². The highest BCUT2D eigenvalue weighted by Crippen LogP contribution is 2.23. The molecule has 4 rings (SSSR count). The molecule has 2 N–H and O–H groups in total. The number of carbonyl (C=O) groups is 1. The van der Waals surface area contributed by atoms with Crippen molar-refractivity contribution in [1.82, 2.24) is 29.9 Å². The van der Waals surface area contributed by atoms with Gasteiger partial charge in [-0.15, -0.1) is 0 Å². The first-order valence-electron chi connectivity index (χ1n) is 8.77. The number of fused-ring (bicyclic) bond motifs is 1. The molecule has 0 aliphatic carbocycles. The molecular formula is C17H21N7OS. The van der Waals surface area contributed by atoms with Crippen LogP contribution in [0.15, 0.2) is 29.1 Å². The fourth-order valence-electron chi connectivity index (χ4n) is 3.12. The van der Waals surface area contributed by atoms with E-state index in [1.165, 1.54) is 0 Å². The smallest absolute Gasteiger partial charge is 0.320 e. The maximum absolute atomic E-state index is 12.5. The molecule has 4 heterocycles. The molecule has 0 saturated heterocycles. The molecule has 8 nitrogen and oxygen atoms in total. The summed E-state index contributed by atoms with van der Waals surface area (Å²) in [5, 5.41) is 18.8. The zero-order valence-electron chi connectivity index (χ0n) is 14.6. The van der Waals surface area contributed by atoms with Gasteiger partial charge in [-0.3, -0.25) is 5.32 Å². The maximum Gasteiger partial charge on any atom is 0.320 e. The third-order valence-corrected chi connectivity index (χ3v) is 5.14. The van der Waals surface area contributed by atoms with E-state index in [2.05, 4.69) is 37.3 Å². The van der Waals surface area contributed by atoms with Crippen molar-refractivity contribution in [3.8, 4) is 0 Å². The lowest BCUT2D eigenvalue weighted by Gasteiger charge is -2.23. The van der Waals surface area contributed by atoms with Gasteiger partial charge in [0, 0.05) is 19.0 Å². The van der Waals surface area contributed by atoms with Crippen molar-refractivity contribution in [1.29, 1.82) is 0 Å². The summed E-state index contributed by atoms with van der Waals surface area (Å²) in [7, 11) is 0. The Morgan fingerprint density at radius 1 is 1.42 bits per heavy atom. The normalized spacial score (nSPS) is 16.3. The Kier molecular flexibility index (Phi) is 4.70. The molecule has 2 amide bonds. The number of amides is 2. The van der Waals surface area contributed by atoms with Gasteiger partial charge in [-0.25, -0.2) is 19.1 Å². The highest BCUT2D eigenvalue weighted by atomic mass is 32.1. The van der Waals surface area contributed by atoms with Crippen LogP contribution in [-0.4, -0.2) is 30.6 Å². The molecule has 0 saturated carbocycles. The number of aryl methyl sites for hydroxylation is 2. The number of hydrogen-bond donors (Lipinski definition) is 2. The number of aromatic nitrogens is 5. The zero-order valence-corrected chi connectivity index (χ0v) is 15.4. The van der Waals surface area contributed by atoms with Crippen LogP contribution in [0.1, 0.15) is 43.0 Å². The quantitative estimate of drug-likeness (QED) is 0.722. The third kappa shape index (κ3) is 3.48. The second-order valence-electron chi connectivity index (χ2n) is 6.26. The molecule has 0 unspecified atom stereocenters. The molecular weight excluding hydrogens is 350 g/mol. The zero-order chi connectivity index (χ0) is 17.9. The summed E-state index contributed by atoms with van der Waals surface area (Å²) >= 11 is 1.65. The minimum atomic E-state index is -0.253. The standard InChI is InChI=1S/C17H21N7OS/c1-2-14-20-16-13(4-3-8-23(16)22-14)19-17(25)21-15-5-7-18-24(15)10-12-6-9-26-11-12/h5-7,9,11,13H,2-4,8,10H2,1H3,(H2,19,21,25)/t13-/m1/s1. The Morgan fingerprint density at radius 2 is 2.35 bits per heavy atom. The van der Waals surface area contributed by atoms with Gasteiger partial charge in [-0.05, 0) is 35.2 Å². The Labute approximate surface area is 155 Å². The number of urea groups is 1. The molecule has 0 spiro atoms. The summed E-state index contributed by atoms with van der Waals surface area (Å²) in [6.45, 7) is 3.52. The first-order chi connectivity index (χ1) is 12.7. The fourth-order valence-corrected chi connectivity index (χ4v) is 3.78. The van der Waals surface area contributed by atoms with Gasteiger partial charge in [-0.2, -0.15) is 21.5 Å². The number of anilines is 1. The SMILES string of the molecule is CCc1nc2n(n1)CCC[C@H]2NC(=O)Nc1ccnn1Cc1ccsc1. The van der Waals surface area contributed by atoms with E-state index in [0.29, 0.717) is 12.4 Å². The van der Waals surface area contributed by atoms with Crippen molar-refractivity contribution < 1.29 is 4.79 Å². The van der Waals surface area contributed by atoms with E-state index >= 15 is 0 Å². The Hall–Kier alpha value is -2.68. The summed E-state index contributed by atoms with van der Waals surface area (Å²) in [5.41, 5.74) is 1.16. The monoisotopic (exact) mass is 371 g/mol. The van der Waals surface area contributed by atoms with Crippen LogP contribution in [0.25, 0.3) is 0 Å². The summed E-state index contributed by atoms with van der Waals surface area (Å²) in [6, 6.07) is 3.47. The van der Waals surface area contributed by atoms with Crippen molar-refractivity contribution in [2.75, 3.05) is 5.32 Å². The highest BCUT2D eigenvalue weighted by molar-refractivity contribution is 7.07. The van der Waals surface area contributed by atoms with Crippen LogP contribution in [0.5, 0.6) is 0 Å². The van der Waals surface area contributed by atoms with Gasteiger partial charge in [0.05, 0.1) is 18.8 Å². The Morgan fingerprint density at radius 3 is 3.15 bits per heavy atom. The second-order valence-corrected chi connectivity index (χ2v) is 7.04. The first kappa shape index (κ1) is 16.8. The predicted molar refractivity (Wildman–Crippen MR) is 99.2 cm³/mol. The average molecular weight is 371 g/mol. The predicted octanol–water partition coefficient (Wildman–Crippen LogP) is 2.80. The number of carbonyl (C=O) groups excluding carboxylic acids is 1. The van der Waals surface area contributed by atoms with E-state index in [1.54, 1.807) is 28.3 Å². The van der Waals surface area contributed by atoms with Gasteiger partial charge in [0.1, 0.15) is 11.6 Å². The van der Waals surface area contributed by atoms with Crippen LogP contribution in [0.2, 0.25) is 0 Å². The lowest BCUT2D eigenvalue weighted by atomic mass is 10.1. The molecule has 0 fully saturated rings. The minimum absolute atomic E-state index is 0.121. The molecule has 136 valence electrons. The number of nitrogens with zero attached hydrogens (tertiary/aromatic N) is 5. The van der Waals surface area contributed by atoms with E-state index < -0.39 is 0 Å². The summed E-state index contributed by atoms with van der Waals surface area (Å²) in [6.07, 6.45) is 4.32. The highest BCUT2D eigenvalue weighted by Gasteiger charge is 2.25. The molecule has 1 atom stereocenters. The average Bonchev–Trinajstić information content (AvgIpc) is 3.37. The van der Waals surface area contributed by atoms with Crippen molar-refractivity contribution >= 4 is 23.2 Å². The fraction of sp³-hybridized carbons (Fsp3) is 0.412. The third-order valence-electron chi connectivity index (χ3n) is 4.41. The lowest BCUT2D eigenvalue weighted by Crippen LogP contribution is -2.36. The molecule has 9 heteroatoms. The van der Waals surface area contributed by atoms with E-state index in [4.69, 9.17) is 0 Å². The Bertz CT molecular complexity index is 883. The first-order valence-corrected chi connectivity index (χ1v) is 9.71. The van der Waals surface area contributed by atoms with Gasteiger partial charge in [0.15, 0.2) is 5.82 Å². The van der Waals surface area contributed by atoms with E-state index in [9.17, 15) is 4.79 Å². The van der Waals surface area contributed by atoms with Crippen molar-refractivity contribution in [2.45, 2.75) is 45.3 Å². The molecule has 1 aliphatic rings. The van der Waals surface area contributed by atoms with Gasteiger partial charge in [0.25, 0.3) is 0 Å². The number of rotatable bonds is 5. The van der Waals surface area contributed by atoms with Crippen molar-refractivity contribution in [3.05, 3.63) is 46.3 Å². The topological polar surface area (TPSA) is 89.7 Å². The largest absolute Gasteiger partial charge is 0.328 e.